The molecule has 2 aromatic carbocycles. The third-order valence-electron chi connectivity index (χ3n) is 5.02. The maximum atomic E-state index is 13.0. The van der Waals surface area contributed by atoms with Crippen LogP contribution < -0.4 is 10.6 Å². The molecule has 9 heteroatoms. The Morgan fingerprint density at radius 1 is 1.19 bits per heavy atom. The molecule has 0 saturated heterocycles. The lowest BCUT2D eigenvalue weighted by Gasteiger charge is -2.26. The molecule has 0 unspecified atom stereocenters. The fraction of sp³-hybridized carbons (Fsp3) is 0.304. The smallest absolute Gasteiger partial charge is 0.338 e. The molecular weight excluding hydrogens is 426 g/mol. The van der Waals surface area contributed by atoms with Gasteiger partial charge in [0.1, 0.15) is 5.54 Å². The predicted octanol–water partition coefficient (Wildman–Crippen LogP) is 4.88. The summed E-state index contributed by atoms with van der Waals surface area (Å²) in [6, 6.07) is 9.19. The zero-order valence-corrected chi connectivity index (χ0v) is 19.4. The van der Waals surface area contributed by atoms with Crippen LogP contribution in [0.1, 0.15) is 43.6 Å². The van der Waals surface area contributed by atoms with Crippen LogP contribution in [-0.2, 0) is 9.53 Å². The van der Waals surface area contributed by atoms with Crippen molar-refractivity contribution >= 4 is 55.2 Å². The summed E-state index contributed by atoms with van der Waals surface area (Å²) in [5, 5.41) is 14.6. The van der Waals surface area contributed by atoms with Gasteiger partial charge in [-0.05, 0) is 64.4 Å². The second-order valence-electron chi connectivity index (χ2n) is 8.45. The summed E-state index contributed by atoms with van der Waals surface area (Å²) in [6.07, 6.45) is 1.55. The number of ether oxygens (including phenoxy) is 1. The molecule has 0 saturated carbocycles. The van der Waals surface area contributed by atoms with Crippen molar-refractivity contribution in [3.63, 3.8) is 0 Å². The SMILES string of the molecule is Cc1ccc(NC(C)(C)C(=O)Nc2nc3ccc4[nH]ncc4c3s2)cc1C(=O)OC(C)C. The number of amides is 1. The van der Waals surface area contributed by atoms with Crippen LogP contribution in [0.5, 0.6) is 0 Å². The van der Waals surface area contributed by atoms with Crippen molar-refractivity contribution in [1.29, 1.82) is 0 Å². The highest BCUT2D eigenvalue weighted by Crippen LogP contribution is 2.32. The molecule has 0 aliphatic carbocycles. The average molecular weight is 452 g/mol. The number of aromatic amines is 1. The van der Waals surface area contributed by atoms with Gasteiger partial charge in [-0.15, -0.1) is 0 Å². The second-order valence-corrected chi connectivity index (χ2v) is 9.45. The molecule has 0 aliphatic heterocycles. The number of H-pyrrole nitrogens is 1. The van der Waals surface area contributed by atoms with E-state index in [1.807, 2.05) is 45.0 Å². The molecule has 0 bridgehead atoms. The van der Waals surface area contributed by atoms with E-state index in [9.17, 15) is 9.59 Å². The van der Waals surface area contributed by atoms with Crippen molar-refractivity contribution in [1.82, 2.24) is 15.2 Å². The maximum absolute atomic E-state index is 13.0. The highest BCUT2D eigenvalue weighted by Gasteiger charge is 2.29. The van der Waals surface area contributed by atoms with Crippen molar-refractivity contribution in [3.05, 3.63) is 47.7 Å². The number of carbonyl (C=O) groups excluding carboxylic acids is 2. The van der Waals surface area contributed by atoms with Gasteiger partial charge in [-0.3, -0.25) is 15.2 Å². The van der Waals surface area contributed by atoms with E-state index < -0.39 is 5.54 Å². The lowest BCUT2D eigenvalue weighted by atomic mass is 10.0. The molecule has 3 N–H and O–H groups in total. The first-order valence-electron chi connectivity index (χ1n) is 10.3. The third kappa shape index (κ3) is 4.29. The molecule has 8 nitrogen and oxygen atoms in total. The van der Waals surface area contributed by atoms with E-state index in [2.05, 4.69) is 25.8 Å². The minimum atomic E-state index is -0.961. The van der Waals surface area contributed by atoms with Gasteiger partial charge in [-0.2, -0.15) is 5.10 Å². The second kappa shape index (κ2) is 8.23. The summed E-state index contributed by atoms with van der Waals surface area (Å²) in [4.78, 5) is 30.0. The minimum absolute atomic E-state index is 0.210. The Balaban J connectivity index is 1.53. The normalized spacial score (nSPS) is 11.8. The van der Waals surface area contributed by atoms with E-state index in [4.69, 9.17) is 4.74 Å². The Morgan fingerprint density at radius 3 is 2.72 bits per heavy atom. The topological polar surface area (TPSA) is 109 Å². The van der Waals surface area contributed by atoms with Crippen LogP contribution in [0.25, 0.3) is 21.1 Å². The first-order valence-corrected chi connectivity index (χ1v) is 11.1. The lowest BCUT2D eigenvalue weighted by molar-refractivity contribution is -0.119. The fourth-order valence-electron chi connectivity index (χ4n) is 3.33. The maximum Gasteiger partial charge on any atom is 0.338 e. The predicted molar refractivity (Wildman–Crippen MR) is 127 cm³/mol. The van der Waals surface area contributed by atoms with Crippen LogP contribution in [0.4, 0.5) is 10.8 Å². The van der Waals surface area contributed by atoms with E-state index in [0.29, 0.717) is 16.4 Å². The molecule has 32 heavy (non-hydrogen) atoms. The number of hydrogen-bond donors (Lipinski definition) is 3. The van der Waals surface area contributed by atoms with Gasteiger partial charge in [0.05, 0.1) is 33.6 Å². The van der Waals surface area contributed by atoms with Gasteiger partial charge in [0, 0.05) is 11.1 Å². The van der Waals surface area contributed by atoms with Crippen molar-refractivity contribution < 1.29 is 14.3 Å². The Morgan fingerprint density at radius 2 is 1.97 bits per heavy atom. The van der Waals surface area contributed by atoms with Gasteiger partial charge in [0.15, 0.2) is 5.13 Å². The van der Waals surface area contributed by atoms with Crippen molar-refractivity contribution in [2.45, 2.75) is 46.3 Å². The first-order chi connectivity index (χ1) is 15.1. The van der Waals surface area contributed by atoms with Crippen LogP contribution in [-0.4, -0.2) is 38.7 Å². The number of esters is 1. The van der Waals surface area contributed by atoms with Crippen LogP contribution in [0, 0.1) is 6.92 Å². The largest absolute Gasteiger partial charge is 0.459 e. The van der Waals surface area contributed by atoms with E-state index in [-0.39, 0.29) is 18.0 Å². The molecule has 166 valence electrons. The van der Waals surface area contributed by atoms with Gasteiger partial charge < -0.3 is 10.1 Å². The van der Waals surface area contributed by atoms with Crippen molar-refractivity contribution in [2.24, 2.45) is 0 Å². The Kier molecular flexibility index (Phi) is 5.60. The number of nitrogens with one attached hydrogen (secondary N) is 3. The summed E-state index contributed by atoms with van der Waals surface area (Å²) in [6.45, 7) is 9.01. The average Bonchev–Trinajstić information content (AvgIpc) is 3.34. The molecular formula is C23H25N5O3S. The Bertz CT molecular complexity index is 1320. The number of benzene rings is 2. The van der Waals surface area contributed by atoms with Gasteiger partial charge in [-0.1, -0.05) is 17.4 Å². The summed E-state index contributed by atoms with van der Waals surface area (Å²) < 4.78 is 6.28. The van der Waals surface area contributed by atoms with E-state index in [1.54, 1.807) is 26.1 Å². The molecule has 0 spiro atoms. The molecule has 4 rings (SSSR count). The summed E-state index contributed by atoms with van der Waals surface area (Å²) in [7, 11) is 0. The van der Waals surface area contributed by atoms with Crippen molar-refractivity contribution in [3.8, 4) is 0 Å². The number of carbonyl (C=O) groups is 2. The Hall–Kier alpha value is -3.46. The first kappa shape index (κ1) is 21.8. The minimum Gasteiger partial charge on any atom is -0.459 e. The summed E-state index contributed by atoms with van der Waals surface area (Å²) in [5.41, 5.74) is 2.69. The van der Waals surface area contributed by atoms with Crippen LogP contribution in [0.15, 0.2) is 36.5 Å². The number of anilines is 2. The van der Waals surface area contributed by atoms with E-state index in [0.717, 1.165) is 26.7 Å². The zero-order chi connectivity index (χ0) is 23.0. The summed E-state index contributed by atoms with van der Waals surface area (Å²) in [5.74, 6) is -0.629. The van der Waals surface area contributed by atoms with Crippen LogP contribution >= 0.6 is 11.3 Å². The van der Waals surface area contributed by atoms with Gasteiger partial charge in [0.2, 0.25) is 0 Å². The molecule has 0 radical (unpaired) electrons. The Labute approximate surface area is 189 Å². The number of aryl methyl sites for hydroxylation is 1. The molecule has 1 amide bonds. The van der Waals surface area contributed by atoms with E-state index in [1.165, 1.54) is 11.3 Å². The number of aromatic nitrogens is 3. The highest BCUT2D eigenvalue weighted by molar-refractivity contribution is 7.23. The molecule has 2 heterocycles. The van der Waals surface area contributed by atoms with Gasteiger partial charge in [-0.25, -0.2) is 9.78 Å². The summed E-state index contributed by atoms with van der Waals surface area (Å²) >= 11 is 1.40. The monoisotopic (exact) mass is 451 g/mol. The molecule has 2 aromatic heterocycles. The van der Waals surface area contributed by atoms with Crippen molar-refractivity contribution in [2.75, 3.05) is 10.6 Å². The molecule has 4 aromatic rings. The third-order valence-corrected chi connectivity index (χ3v) is 6.04. The number of nitrogens with zero attached hydrogens (tertiary/aromatic N) is 2. The zero-order valence-electron chi connectivity index (χ0n) is 18.6. The molecule has 0 fully saturated rings. The van der Waals surface area contributed by atoms with E-state index >= 15 is 0 Å². The standard InChI is InChI=1S/C23H25N5O3S/c1-12(2)31-20(29)15-10-14(7-6-13(15)3)27-23(4,5)21(30)26-22-25-18-9-8-17-16(11-24-28-17)19(18)32-22/h6-12,27H,1-5H3,(H,24,28)(H,25,26,30). The molecule has 0 aliphatic rings. The number of rotatable bonds is 6. The lowest BCUT2D eigenvalue weighted by Crippen LogP contribution is -2.44. The highest BCUT2D eigenvalue weighted by atomic mass is 32.1. The fourth-order valence-corrected chi connectivity index (χ4v) is 4.30. The van der Waals surface area contributed by atoms with Gasteiger partial charge in [0.25, 0.3) is 5.91 Å². The number of thiazole rings is 1. The number of hydrogen-bond acceptors (Lipinski definition) is 7. The number of fused-ring (bicyclic) bond motifs is 3. The van der Waals surface area contributed by atoms with Gasteiger partial charge >= 0.3 is 5.97 Å². The quantitative estimate of drug-likeness (QED) is 0.361. The van der Waals surface area contributed by atoms with Crippen LogP contribution in [0.3, 0.4) is 0 Å². The van der Waals surface area contributed by atoms with Crippen LogP contribution in [0.2, 0.25) is 0 Å². The molecule has 0 atom stereocenters.